The first kappa shape index (κ1) is 16.2. The van der Waals surface area contributed by atoms with Crippen LogP contribution in [0.25, 0.3) is 11.1 Å². The van der Waals surface area contributed by atoms with Gasteiger partial charge >= 0.3 is 0 Å². The first-order valence-corrected chi connectivity index (χ1v) is 8.60. The summed E-state index contributed by atoms with van der Waals surface area (Å²) in [6.45, 7) is 5.41. The van der Waals surface area contributed by atoms with E-state index in [0.29, 0.717) is 23.5 Å². The predicted molar refractivity (Wildman–Crippen MR) is 100 cm³/mol. The lowest BCUT2D eigenvalue weighted by molar-refractivity contribution is 0.101. The number of nitrogens with zero attached hydrogens (tertiary/aromatic N) is 3. The molecule has 4 rings (SSSR count). The Labute approximate surface area is 151 Å². The summed E-state index contributed by atoms with van der Waals surface area (Å²) in [5.74, 6) is -0.181. The van der Waals surface area contributed by atoms with Crippen LogP contribution in [0.4, 0.5) is 5.69 Å². The Balaban J connectivity index is 1.66. The number of hydrogen-bond acceptors (Lipinski definition) is 3. The highest BCUT2D eigenvalue weighted by atomic mass is 16.3. The Kier molecular flexibility index (Phi) is 4.08. The highest BCUT2D eigenvalue weighted by Gasteiger charge is 2.18. The van der Waals surface area contributed by atoms with Crippen LogP contribution in [0, 0.1) is 6.92 Å². The molecule has 6 nitrogen and oxygen atoms in total. The molecule has 0 radical (unpaired) electrons. The lowest BCUT2D eigenvalue weighted by Crippen LogP contribution is -2.17. The number of furan rings is 1. The molecule has 26 heavy (non-hydrogen) atoms. The van der Waals surface area contributed by atoms with E-state index in [1.54, 1.807) is 23.2 Å². The maximum absolute atomic E-state index is 12.8. The molecule has 0 aliphatic carbocycles. The van der Waals surface area contributed by atoms with Crippen LogP contribution in [-0.2, 0) is 13.1 Å². The average molecular weight is 348 g/mol. The van der Waals surface area contributed by atoms with Gasteiger partial charge in [-0.15, -0.1) is 0 Å². The van der Waals surface area contributed by atoms with Crippen LogP contribution < -0.4 is 5.32 Å². The van der Waals surface area contributed by atoms with Gasteiger partial charge in [0, 0.05) is 31.4 Å². The molecule has 6 heteroatoms. The van der Waals surface area contributed by atoms with Crippen LogP contribution >= 0.6 is 0 Å². The van der Waals surface area contributed by atoms with Crippen molar-refractivity contribution in [1.29, 1.82) is 0 Å². The number of anilines is 1. The molecule has 0 saturated carbocycles. The van der Waals surface area contributed by atoms with E-state index in [2.05, 4.69) is 41.6 Å². The number of amides is 1. The van der Waals surface area contributed by atoms with Crippen molar-refractivity contribution < 1.29 is 9.21 Å². The first-order valence-electron chi connectivity index (χ1n) is 8.60. The van der Waals surface area contributed by atoms with Crippen LogP contribution in [0.2, 0.25) is 0 Å². The Morgan fingerprint density at radius 3 is 2.77 bits per heavy atom. The van der Waals surface area contributed by atoms with Gasteiger partial charge in [0.05, 0.1) is 23.7 Å². The van der Waals surface area contributed by atoms with Crippen molar-refractivity contribution in [3.63, 3.8) is 0 Å². The van der Waals surface area contributed by atoms with Crippen LogP contribution in [0.1, 0.15) is 28.5 Å². The Morgan fingerprint density at radius 2 is 2.04 bits per heavy atom. The summed E-state index contributed by atoms with van der Waals surface area (Å²) < 4.78 is 9.25. The number of hydrogen-bond donors (Lipinski definition) is 1. The smallest absolute Gasteiger partial charge is 0.272 e. The van der Waals surface area contributed by atoms with E-state index in [0.717, 1.165) is 17.6 Å². The fourth-order valence-corrected chi connectivity index (χ4v) is 3.01. The van der Waals surface area contributed by atoms with Gasteiger partial charge in [-0.05, 0) is 19.4 Å². The normalized spacial score (nSPS) is 11.2. The summed E-state index contributed by atoms with van der Waals surface area (Å²) in [6, 6.07) is 12.0. The highest BCUT2D eigenvalue weighted by Crippen LogP contribution is 2.23. The van der Waals surface area contributed by atoms with Crippen molar-refractivity contribution in [2.45, 2.75) is 26.9 Å². The number of carbonyl (C=O) groups excluding carboxylic acids is 1. The molecule has 0 saturated heterocycles. The summed E-state index contributed by atoms with van der Waals surface area (Å²) >= 11 is 0. The Bertz CT molecular complexity index is 1050. The maximum Gasteiger partial charge on any atom is 0.272 e. The van der Waals surface area contributed by atoms with E-state index < -0.39 is 0 Å². The summed E-state index contributed by atoms with van der Waals surface area (Å²) in [5.41, 5.74) is 5.18. The highest BCUT2D eigenvalue weighted by molar-refractivity contribution is 6.05. The van der Waals surface area contributed by atoms with Crippen molar-refractivity contribution in [3.8, 4) is 0 Å². The molecule has 0 aliphatic heterocycles. The zero-order valence-electron chi connectivity index (χ0n) is 14.8. The molecule has 1 N–H and O–H groups in total. The summed E-state index contributed by atoms with van der Waals surface area (Å²) in [4.78, 5) is 12.8. The molecule has 0 aliphatic rings. The number of rotatable bonds is 5. The number of fused-ring (bicyclic) bond motifs is 1. The summed E-state index contributed by atoms with van der Waals surface area (Å²) in [5, 5.41) is 7.10. The van der Waals surface area contributed by atoms with Gasteiger partial charge in [0.2, 0.25) is 0 Å². The van der Waals surface area contributed by atoms with Crippen molar-refractivity contribution in [2.75, 3.05) is 5.32 Å². The second-order valence-electron chi connectivity index (χ2n) is 6.31. The van der Waals surface area contributed by atoms with Crippen molar-refractivity contribution in [2.24, 2.45) is 0 Å². The zero-order valence-corrected chi connectivity index (χ0v) is 14.8. The Morgan fingerprint density at radius 1 is 1.23 bits per heavy atom. The molecule has 0 atom stereocenters. The number of carbonyl (C=O) groups is 1. The van der Waals surface area contributed by atoms with Gasteiger partial charge in [0.25, 0.3) is 5.91 Å². The van der Waals surface area contributed by atoms with Crippen LogP contribution in [-0.4, -0.2) is 20.3 Å². The van der Waals surface area contributed by atoms with Crippen LogP contribution in [0.15, 0.2) is 59.5 Å². The number of aromatic nitrogens is 3. The molecule has 1 amide bonds. The number of nitrogens with one attached hydrogen (secondary N) is 1. The molecule has 132 valence electrons. The number of aryl methyl sites for hydroxylation is 2. The lowest BCUT2D eigenvalue weighted by atomic mass is 10.1. The topological polar surface area (TPSA) is 65.0 Å². The van der Waals surface area contributed by atoms with Crippen molar-refractivity contribution >= 4 is 22.7 Å². The van der Waals surface area contributed by atoms with Gasteiger partial charge < -0.3 is 14.3 Å². The van der Waals surface area contributed by atoms with Crippen LogP contribution in [0.5, 0.6) is 0 Å². The van der Waals surface area contributed by atoms with E-state index in [1.165, 1.54) is 5.56 Å². The minimum absolute atomic E-state index is 0.181. The number of benzene rings is 1. The van der Waals surface area contributed by atoms with E-state index >= 15 is 0 Å². The molecule has 0 spiro atoms. The van der Waals surface area contributed by atoms with Gasteiger partial charge in [0.15, 0.2) is 5.58 Å². The molecule has 3 heterocycles. The monoisotopic (exact) mass is 348 g/mol. The lowest BCUT2D eigenvalue weighted by Gasteiger charge is -2.10. The first-order chi connectivity index (χ1) is 12.6. The van der Waals surface area contributed by atoms with Gasteiger partial charge in [-0.1, -0.05) is 29.8 Å². The summed E-state index contributed by atoms with van der Waals surface area (Å²) in [6.07, 6.45) is 5.11. The third-order valence-electron chi connectivity index (χ3n) is 4.43. The van der Waals surface area contributed by atoms with E-state index in [-0.39, 0.29) is 5.91 Å². The molecule has 0 bridgehead atoms. The third kappa shape index (κ3) is 3.01. The fraction of sp³-hybridized carbons (Fsp3) is 0.200. The molecule has 0 unspecified atom stereocenters. The van der Waals surface area contributed by atoms with Crippen LogP contribution in [0.3, 0.4) is 0 Å². The van der Waals surface area contributed by atoms with Crippen molar-refractivity contribution in [3.05, 3.63) is 71.9 Å². The second kappa shape index (κ2) is 6.55. The molecule has 3 aromatic heterocycles. The predicted octanol–water partition coefficient (Wildman–Crippen LogP) is 4.06. The maximum atomic E-state index is 12.8. The van der Waals surface area contributed by atoms with E-state index in [4.69, 9.17) is 4.42 Å². The molecule has 1 aromatic carbocycles. The minimum Gasteiger partial charge on any atom is -0.463 e. The SMILES string of the molecule is CCn1cc(NC(=O)c2cc3occc3n2Cc2ccc(C)cc2)cn1. The van der Waals surface area contributed by atoms with E-state index in [9.17, 15) is 4.79 Å². The molecular weight excluding hydrogens is 328 g/mol. The second-order valence-corrected chi connectivity index (χ2v) is 6.31. The standard InChI is InChI=1S/C20H20N4O2/c1-3-23-13-16(11-21-23)22-20(25)18-10-19-17(8-9-26-19)24(18)12-15-6-4-14(2)5-7-15/h4-11,13H,3,12H2,1-2H3,(H,22,25). The molecular formula is C20H20N4O2. The Hall–Kier alpha value is -3.28. The third-order valence-corrected chi connectivity index (χ3v) is 4.43. The van der Waals surface area contributed by atoms with Gasteiger partial charge in [-0.2, -0.15) is 5.10 Å². The van der Waals surface area contributed by atoms with Crippen molar-refractivity contribution in [1.82, 2.24) is 14.3 Å². The minimum atomic E-state index is -0.181. The average Bonchev–Trinajstić information content (AvgIpc) is 3.34. The fourth-order valence-electron chi connectivity index (χ4n) is 3.01. The quantitative estimate of drug-likeness (QED) is 0.591. The molecule has 4 aromatic rings. The summed E-state index contributed by atoms with van der Waals surface area (Å²) in [7, 11) is 0. The zero-order chi connectivity index (χ0) is 18.1. The van der Waals surface area contributed by atoms with Gasteiger partial charge in [-0.3, -0.25) is 9.48 Å². The largest absolute Gasteiger partial charge is 0.463 e. The van der Waals surface area contributed by atoms with Gasteiger partial charge in [0.1, 0.15) is 5.69 Å². The molecule has 0 fully saturated rings. The van der Waals surface area contributed by atoms with Gasteiger partial charge in [-0.25, -0.2) is 0 Å². The van der Waals surface area contributed by atoms with E-state index in [1.807, 2.05) is 23.8 Å².